The van der Waals surface area contributed by atoms with E-state index in [1.165, 1.54) is 25.0 Å². The summed E-state index contributed by atoms with van der Waals surface area (Å²) in [5.74, 6) is 0.168. The minimum atomic E-state index is -0.364. The van der Waals surface area contributed by atoms with Crippen molar-refractivity contribution < 1.29 is 9.18 Å². The van der Waals surface area contributed by atoms with E-state index in [0.29, 0.717) is 11.5 Å². The largest absolute Gasteiger partial charge is 0.349 e. The van der Waals surface area contributed by atoms with Gasteiger partial charge in [-0.15, -0.1) is 0 Å². The summed E-state index contributed by atoms with van der Waals surface area (Å²) in [6, 6.07) is 6.11. The highest BCUT2D eigenvalue weighted by molar-refractivity contribution is 5.94. The smallest absolute Gasteiger partial charge is 0.251 e. The van der Waals surface area contributed by atoms with Crippen LogP contribution in [0.4, 0.5) is 4.39 Å². The minimum Gasteiger partial charge on any atom is -0.349 e. The summed E-state index contributed by atoms with van der Waals surface area (Å²) < 4.78 is 13.2. The van der Waals surface area contributed by atoms with Crippen LogP contribution in [0.3, 0.4) is 0 Å². The van der Waals surface area contributed by atoms with Gasteiger partial charge in [0.25, 0.3) is 5.91 Å². The first-order chi connectivity index (χ1) is 9.34. The number of rotatable bonds is 2. The molecule has 2 bridgehead atoms. The molecule has 0 aliphatic heterocycles. The minimum absolute atomic E-state index is 0.153. The summed E-state index contributed by atoms with van der Waals surface area (Å²) in [6.45, 7) is 6.93. The summed E-state index contributed by atoms with van der Waals surface area (Å²) in [6.07, 6.45) is 3.47. The fourth-order valence-corrected chi connectivity index (χ4v) is 4.29. The number of benzene rings is 1. The maximum atomic E-state index is 13.2. The third kappa shape index (κ3) is 1.79. The zero-order valence-corrected chi connectivity index (χ0v) is 12.4. The van der Waals surface area contributed by atoms with Crippen molar-refractivity contribution in [1.82, 2.24) is 5.32 Å². The summed E-state index contributed by atoms with van der Waals surface area (Å²) in [7, 11) is 0. The fraction of sp³-hybridized carbons (Fsp3) is 0.588. The predicted molar refractivity (Wildman–Crippen MR) is 76.9 cm³/mol. The lowest BCUT2D eigenvalue weighted by Crippen LogP contribution is -2.46. The highest BCUT2D eigenvalue weighted by atomic mass is 19.1. The second-order valence-electron chi connectivity index (χ2n) is 7.15. The zero-order chi connectivity index (χ0) is 14.5. The Morgan fingerprint density at radius 3 is 2.65 bits per heavy atom. The maximum Gasteiger partial charge on any atom is 0.251 e. The molecule has 0 saturated heterocycles. The molecule has 2 aliphatic carbocycles. The molecule has 0 heterocycles. The van der Waals surface area contributed by atoms with Gasteiger partial charge < -0.3 is 5.32 Å². The van der Waals surface area contributed by atoms with Crippen LogP contribution in [0.25, 0.3) is 0 Å². The molecule has 0 spiro atoms. The fourth-order valence-electron chi connectivity index (χ4n) is 4.29. The Labute approximate surface area is 119 Å². The van der Waals surface area contributed by atoms with Gasteiger partial charge in [-0.3, -0.25) is 4.79 Å². The molecule has 108 valence electrons. The number of fused-ring (bicyclic) bond motifs is 2. The first-order valence-electron chi connectivity index (χ1n) is 7.41. The molecule has 20 heavy (non-hydrogen) atoms. The summed E-state index contributed by atoms with van der Waals surface area (Å²) >= 11 is 0. The first-order valence-corrected chi connectivity index (χ1v) is 7.41. The van der Waals surface area contributed by atoms with Crippen LogP contribution in [0.2, 0.25) is 0 Å². The van der Waals surface area contributed by atoms with Crippen molar-refractivity contribution in [2.75, 3.05) is 0 Å². The van der Waals surface area contributed by atoms with Crippen molar-refractivity contribution in [1.29, 1.82) is 0 Å². The molecule has 0 aromatic heterocycles. The monoisotopic (exact) mass is 275 g/mol. The lowest BCUT2D eigenvalue weighted by atomic mass is 9.69. The standard InChI is InChI=1S/C17H22FNO/c1-16(2)12-7-8-17(16,3)14(10-12)19-15(20)11-5-4-6-13(18)9-11/h4-6,9,12,14H,7-8,10H2,1-3H3,(H,19,20). The van der Waals surface area contributed by atoms with Gasteiger partial charge in [-0.1, -0.05) is 26.8 Å². The van der Waals surface area contributed by atoms with Crippen molar-refractivity contribution in [3.63, 3.8) is 0 Å². The van der Waals surface area contributed by atoms with Crippen LogP contribution in [0.1, 0.15) is 50.4 Å². The zero-order valence-electron chi connectivity index (χ0n) is 12.4. The van der Waals surface area contributed by atoms with Crippen LogP contribution >= 0.6 is 0 Å². The number of hydrogen-bond acceptors (Lipinski definition) is 1. The Kier molecular flexibility index (Phi) is 2.93. The van der Waals surface area contributed by atoms with Crippen LogP contribution in [0, 0.1) is 22.6 Å². The van der Waals surface area contributed by atoms with E-state index >= 15 is 0 Å². The number of nitrogens with one attached hydrogen (secondary N) is 1. The van der Waals surface area contributed by atoms with E-state index in [2.05, 4.69) is 26.1 Å². The van der Waals surface area contributed by atoms with Crippen LogP contribution in [0.15, 0.2) is 24.3 Å². The van der Waals surface area contributed by atoms with Gasteiger partial charge in [-0.2, -0.15) is 0 Å². The molecule has 1 aromatic carbocycles. The summed E-state index contributed by atoms with van der Waals surface area (Å²) in [4.78, 5) is 12.3. The van der Waals surface area contributed by atoms with Gasteiger partial charge in [-0.05, 0) is 54.2 Å². The second-order valence-corrected chi connectivity index (χ2v) is 7.15. The molecular weight excluding hydrogens is 253 g/mol. The average molecular weight is 275 g/mol. The van der Waals surface area contributed by atoms with E-state index < -0.39 is 0 Å². The molecule has 1 aromatic rings. The van der Waals surface area contributed by atoms with E-state index in [9.17, 15) is 9.18 Å². The van der Waals surface area contributed by atoms with E-state index in [-0.39, 0.29) is 28.6 Å². The van der Waals surface area contributed by atoms with E-state index in [1.807, 2.05) is 0 Å². The Balaban J connectivity index is 1.78. The number of amides is 1. The molecular formula is C17H22FNO. The molecule has 3 atom stereocenters. The Hall–Kier alpha value is -1.38. The quantitative estimate of drug-likeness (QED) is 0.874. The molecule has 1 amide bonds. The van der Waals surface area contributed by atoms with Gasteiger partial charge in [-0.25, -0.2) is 4.39 Å². The summed E-state index contributed by atoms with van der Waals surface area (Å²) in [5, 5.41) is 3.14. The second kappa shape index (κ2) is 4.31. The number of hydrogen-bond donors (Lipinski definition) is 1. The van der Waals surface area contributed by atoms with E-state index in [0.717, 1.165) is 6.42 Å². The van der Waals surface area contributed by atoms with Gasteiger partial charge in [0.2, 0.25) is 0 Å². The Morgan fingerprint density at radius 1 is 1.35 bits per heavy atom. The molecule has 2 nitrogen and oxygen atoms in total. The van der Waals surface area contributed by atoms with Gasteiger partial charge in [0.1, 0.15) is 5.82 Å². The van der Waals surface area contributed by atoms with Crippen molar-refractivity contribution in [2.24, 2.45) is 16.7 Å². The number of carbonyl (C=O) groups excluding carboxylic acids is 1. The van der Waals surface area contributed by atoms with Gasteiger partial charge >= 0.3 is 0 Å². The molecule has 1 N–H and O–H groups in total. The number of carbonyl (C=O) groups is 1. The third-order valence-electron chi connectivity index (χ3n) is 6.19. The first kappa shape index (κ1) is 13.6. The molecule has 3 heteroatoms. The van der Waals surface area contributed by atoms with Crippen LogP contribution < -0.4 is 5.32 Å². The lowest BCUT2D eigenvalue weighted by Gasteiger charge is -2.39. The van der Waals surface area contributed by atoms with Crippen LogP contribution in [-0.2, 0) is 0 Å². The topological polar surface area (TPSA) is 29.1 Å². The molecule has 3 unspecified atom stereocenters. The van der Waals surface area contributed by atoms with Gasteiger partial charge in [0, 0.05) is 11.6 Å². The van der Waals surface area contributed by atoms with E-state index in [4.69, 9.17) is 0 Å². The Bertz CT molecular complexity index is 554. The normalized spacial score (nSPS) is 34.2. The van der Waals surface area contributed by atoms with Gasteiger partial charge in [0.05, 0.1) is 0 Å². The average Bonchev–Trinajstić information content (AvgIpc) is 2.72. The van der Waals surface area contributed by atoms with Crippen LogP contribution in [0.5, 0.6) is 0 Å². The maximum absolute atomic E-state index is 13.2. The predicted octanol–water partition coefficient (Wildman–Crippen LogP) is 3.77. The van der Waals surface area contributed by atoms with Gasteiger partial charge in [0.15, 0.2) is 0 Å². The van der Waals surface area contributed by atoms with Crippen molar-refractivity contribution >= 4 is 5.91 Å². The molecule has 2 fully saturated rings. The molecule has 0 radical (unpaired) electrons. The molecule has 3 rings (SSSR count). The van der Waals surface area contributed by atoms with E-state index in [1.54, 1.807) is 12.1 Å². The Morgan fingerprint density at radius 2 is 2.10 bits per heavy atom. The molecule has 2 saturated carbocycles. The molecule has 2 aliphatic rings. The van der Waals surface area contributed by atoms with Crippen molar-refractivity contribution in [3.8, 4) is 0 Å². The third-order valence-corrected chi connectivity index (χ3v) is 6.19. The highest BCUT2D eigenvalue weighted by Crippen LogP contribution is 2.65. The van der Waals surface area contributed by atoms with Crippen LogP contribution in [-0.4, -0.2) is 11.9 Å². The number of halogens is 1. The van der Waals surface area contributed by atoms with Crippen molar-refractivity contribution in [3.05, 3.63) is 35.6 Å². The lowest BCUT2D eigenvalue weighted by molar-refractivity contribution is 0.0825. The SMILES string of the molecule is CC1(C)C2CCC1(C)C(NC(=O)c1cccc(F)c1)C2. The highest BCUT2D eigenvalue weighted by Gasteiger charge is 2.61. The summed E-state index contributed by atoms with van der Waals surface area (Å²) in [5.41, 5.74) is 0.835. The van der Waals surface area contributed by atoms with Crippen molar-refractivity contribution in [2.45, 2.75) is 46.1 Å².